The molecule has 0 spiro atoms. The number of aryl methyl sites for hydroxylation is 1. The predicted molar refractivity (Wildman–Crippen MR) is 84.5 cm³/mol. The summed E-state index contributed by atoms with van der Waals surface area (Å²) in [5.41, 5.74) is 0.937. The van der Waals surface area contributed by atoms with Gasteiger partial charge in [-0.1, -0.05) is 30.3 Å². The molecule has 0 radical (unpaired) electrons. The summed E-state index contributed by atoms with van der Waals surface area (Å²) in [5, 5.41) is 2.59. The SMILES string of the molecule is CCOC(=O)C(C)NC(=O)CCc1ncc(-c2ccccc2)o1. The number of rotatable bonds is 7. The van der Waals surface area contributed by atoms with Crippen LogP contribution in [0.15, 0.2) is 40.9 Å². The molecule has 1 N–H and O–H groups in total. The fourth-order valence-electron chi connectivity index (χ4n) is 2.02. The summed E-state index contributed by atoms with van der Waals surface area (Å²) in [6.07, 6.45) is 2.20. The minimum absolute atomic E-state index is 0.193. The quantitative estimate of drug-likeness (QED) is 0.793. The molecule has 0 bridgehead atoms. The van der Waals surface area contributed by atoms with Crippen LogP contribution in [-0.2, 0) is 20.7 Å². The number of aromatic nitrogens is 1. The molecule has 1 unspecified atom stereocenters. The van der Waals surface area contributed by atoms with Crippen LogP contribution in [-0.4, -0.2) is 29.5 Å². The minimum Gasteiger partial charge on any atom is -0.464 e. The van der Waals surface area contributed by atoms with Gasteiger partial charge in [-0.2, -0.15) is 0 Å². The van der Waals surface area contributed by atoms with Crippen LogP contribution in [0.1, 0.15) is 26.2 Å². The fraction of sp³-hybridized carbons (Fsp3) is 0.353. The molecule has 0 aliphatic heterocycles. The van der Waals surface area contributed by atoms with E-state index in [9.17, 15) is 9.59 Å². The first kappa shape index (κ1) is 16.7. The van der Waals surface area contributed by atoms with E-state index in [1.54, 1.807) is 20.0 Å². The third kappa shape index (κ3) is 4.95. The van der Waals surface area contributed by atoms with Crippen molar-refractivity contribution in [2.75, 3.05) is 6.61 Å². The first-order chi connectivity index (χ1) is 11.1. The highest BCUT2D eigenvalue weighted by Crippen LogP contribution is 2.20. The third-order valence-corrected chi connectivity index (χ3v) is 3.20. The Balaban J connectivity index is 1.83. The van der Waals surface area contributed by atoms with Crippen molar-refractivity contribution in [3.05, 3.63) is 42.4 Å². The van der Waals surface area contributed by atoms with Gasteiger partial charge in [0.2, 0.25) is 5.91 Å². The average molecular weight is 316 g/mol. The van der Waals surface area contributed by atoms with E-state index in [1.807, 2.05) is 30.3 Å². The summed E-state index contributed by atoms with van der Waals surface area (Å²) in [6.45, 7) is 3.60. The number of nitrogens with zero attached hydrogens (tertiary/aromatic N) is 1. The van der Waals surface area contributed by atoms with E-state index in [2.05, 4.69) is 10.3 Å². The van der Waals surface area contributed by atoms with E-state index in [0.29, 0.717) is 18.1 Å². The molecule has 0 saturated heterocycles. The Bertz CT molecular complexity index is 652. The zero-order valence-electron chi connectivity index (χ0n) is 13.2. The van der Waals surface area contributed by atoms with E-state index >= 15 is 0 Å². The summed E-state index contributed by atoms with van der Waals surface area (Å²) < 4.78 is 10.5. The van der Waals surface area contributed by atoms with E-state index < -0.39 is 12.0 Å². The first-order valence-corrected chi connectivity index (χ1v) is 7.56. The lowest BCUT2D eigenvalue weighted by molar-refractivity contribution is -0.146. The molecule has 0 aliphatic carbocycles. The number of oxazole rings is 1. The molecule has 23 heavy (non-hydrogen) atoms. The largest absolute Gasteiger partial charge is 0.464 e. The molecule has 1 atom stereocenters. The van der Waals surface area contributed by atoms with Crippen molar-refractivity contribution in [2.45, 2.75) is 32.7 Å². The predicted octanol–water partition coefficient (Wildman–Crippen LogP) is 2.34. The second-order valence-electron chi connectivity index (χ2n) is 5.03. The fourth-order valence-corrected chi connectivity index (χ4v) is 2.02. The van der Waals surface area contributed by atoms with Crippen molar-refractivity contribution >= 4 is 11.9 Å². The van der Waals surface area contributed by atoms with Crippen LogP contribution < -0.4 is 5.32 Å². The number of nitrogens with one attached hydrogen (secondary N) is 1. The molecule has 6 heteroatoms. The van der Waals surface area contributed by atoms with Gasteiger partial charge >= 0.3 is 5.97 Å². The molecule has 1 aromatic heterocycles. The highest BCUT2D eigenvalue weighted by molar-refractivity contribution is 5.84. The molecule has 1 aromatic carbocycles. The Morgan fingerprint density at radius 2 is 2.04 bits per heavy atom. The number of benzene rings is 1. The molecule has 122 valence electrons. The molecule has 1 amide bonds. The third-order valence-electron chi connectivity index (χ3n) is 3.20. The number of esters is 1. The van der Waals surface area contributed by atoms with Gasteiger partial charge in [0.05, 0.1) is 12.8 Å². The summed E-state index contributed by atoms with van der Waals surface area (Å²) >= 11 is 0. The van der Waals surface area contributed by atoms with Gasteiger partial charge < -0.3 is 14.5 Å². The van der Waals surface area contributed by atoms with Gasteiger partial charge in [0, 0.05) is 18.4 Å². The second kappa shape index (κ2) is 8.12. The number of carbonyl (C=O) groups is 2. The van der Waals surface area contributed by atoms with Gasteiger partial charge in [-0.3, -0.25) is 4.79 Å². The number of amides is 1. The summed E-state index contributed by atoms with van der Waals surface area (Å²) in [5.74, 6) is 0.469. The Hall–Kier alpha value is -2.63. The highest BCUT2D eigenvalue weighted by atomic mass is 16.5. The monoisotopic (exact) mass is 316 g/mol. The van der Waals surface area contributed by atoms with Gasteiger partial charge in [0.1, 0.15) is 6.04 Å². The van der Waals surface area contributed by atoms with Gasteiger partial charge in [-0.15, -0.1) is 0 Å². The number of carbonyl (C=O) groups excluding carboxylic acids is 2. The standard InChI is InChI=1S/C17H20N2O4/c1-3-22-17(21)12(2)19-15(20)9-10-16-18-11-14(23-16)13-7-5-4-6-8-13/h4-8,11-12H,3,9-10H2,1-2H3,(H,19,20). The zero-order chi connectivity index (χ0) is 16.7. The Morgan fingerprint density at radius 3 is 2.74 bits per heavy atom. The van der Waals surface area contributed by atoms with E-state index in [0.717, 1.165) is 5.56 Å². The van der Waals surface area contributed by atoms with Gasteiger partial charge in [0.15, 0.2) is 11.7 Å². The lowest BCUT2D eigenvalue weighted by Crippen LogP contribution is -2.39. The van der Waals surface area contributed by atoms with Crippen molar-refractivity contribution in [1.29, 1.82) is 0 Å². The topological polar surface area (TPSA) is 81.4 Å². The lowest BCUT2D eigenvalue weighted by Gasteiger charge is -2.11. The van der Waals surface area contributed by atoms with Gasteiger partial charge in [0.25, 0.3) is 0 Å². The van der Waals surface area contributed by atoms with E-state index in [1.165, 1.54) is 0 Å². The molecule has 0 fully saturated rings. The van der Waals surface area contributed by atoms with Crippen LogP contribution in [0.2, 0.25) is 0 Å². The lowest BCUT2D eigenvalue weighted by atomic mass is 10.2. The summed E-state index contributed by atoms with van der Waals surface area (Å²) in [7, 11) is 0. The summed E-state index contributed by atoms with van der Waals surface area (Å²) in [6, 6.07) is 8.96. The average Bonchev–Trinajstić information content (AvgIpc) is 3.03. The molecule has 2 aromatic rings. The van der Waals surface area contributed by atoms with Crippen LogP contribution in [0.25, 0.3) is 11.3 Å². The van der Waals surface area contributed by atoms with Crippen LogP contribution in [0.5, 0.6) is 0 Å². The van der Waals surface area contributed by atoms with Crippen LogP contribution in [0.4, 0.5) is 0 Å². The van der Waals surface area contributed by atoms with E-state index in [4.69, 9.17) is 9.15 Å². The van der Waals surface area contributed by atoms with Crippen molar-refractivity contribution in [2.24, 2.45) is 0 Å². The minimum atomic E-state index is -0.660. The summed E-state index contributed by atoms with van der Waals surface area (Å²) in [4.78, 5) is 27.4. The number of hydrogen-bond acceptors (Lipinski definition) is 5. The number of ether oxygens (including phenoxy) is 1. The van der Waals surface area contributed by atoms with Crippen molar-refractivity contribution in [3.63, 3.8) is 0 Å². The molecule has 2 rings (SSSR count). The van der Waals surface area contributed by atoms with Crippen molar-refractivity contribution in [3.8, 4) is 11.3 Å². The Morgan fingerprint density at radius 1 is 1.30 bits per heavy atom. The highest BCUT2D eigenvalue weighted by Gasteiger charge is 2.17. The molecule has 1 heterocycles. The van der Waals surface area contributed by atoms with E-state index in [-0.39, 0.29) is 18.9 Å². The Labute approximate surface area is 134 Å². The smallest absolute Gasteiger partial charge is 0.328 e. The van der Waals surface area contributed by atoms with Gasteiger partial charge in [-0.05, 0) is 13.8 Å². The van der Waals surface area contributed by atoms with Crippen molar-refractivity contribution < 1.29 is 18.7 Å². The van der Waals surface area contributed by atoms with Gasteiger partial charge in [-0.25, -0.2) is 9.78 Å². The second-order valence-corrected chi connectivity index (χ2v) is 5.03. The van der Waals surface area contributed by atoms with Crippen LogP contribution in [0, 0.1) is 0 Å². The molecule has 6 nitrogen and oxygen atoms in total. The molecule has 0 saturated carbocycles. The zero-order valence-corrected chi connectivity index (χ0v) is 13.2. The van der Waals surface area contributed by atoms with Crippen molar-refractivity contribution in [1.82, 2.24) is 10.3 Å². The maximum Gasteiger partial charge on any atom is 0.328 e. The molecular formula is C17H20N2O4. The molecular weight excluding hydrogens is 296 g/mol. The first-order valence-electron chi connectivity index (χ1n) is 7.56. The van der Waals surface area contributed by atoms with Crippen LogP contribution in [0.3, 0.4) is 0 Å². The Kier molecular flexibility index (Phi) is 5.91. The van der Waals surface area contributed by atoms with Crippen LogP contribution >= 0.6 is 0 Å². The maximum absolute atomic E-state index is 11.8. The maximum atomic E-state index is 11.8. The normalized spacial score (nSPS) is 11.7. The number of hydrogen-bond donors (Lipinski definition) is 1. The molecule has 0 aliphatic rings.